The molecule has 1 N–H and O–H groups in total. The number of benzene rings is 1. The number of aromatic nitrogens is 1. The van der Waals surface area contributed by atoms with Crippen molar-refractivity contribution in [2.75, 3.05) is 7.11 Å². The summed E-state index contributed by atoms with van der Waals surface area (Å²) in [6, 6.07) is 8.48. The average Bonchev–Trinajstić information content (AvgIpc) is 2.82. The first-order valence-corrected chi connectivity index (χ1v) is 6.79. The van der Waals surface area contributed by atoms with Gasteiger partial charge in [-0.2, -0.15) is 0 Å². The number of hydrogen-bond donors (Lipinski definition) is 1. The Morgan fingerprint density at radius 1 is 1.33 bits per heavy atom. The topological polar surface area (TPSA) is 34.1 Å². The number of aryl methyl sites for hydroxylation is 1. The maximum atomic E-state index is 5.15. The molecule has 96 valence electrons. The summed E-state index contributed by atoms with van der Waals surface area (Å²) in [6.45, 7) is 5.05. The molecule has 4 heteroatoms. The lowest BCUT2D eigenvalue weighted by molar-refractivity contribution is 0.414. The minimum atomic E-state index is 0.318. The third kappa shape index (κ3) is 3.31. The molecule has 1 unspecified atom stereocenters. The molecule has 3 nitrogen and oxygen atoms in total. The molecule has 0 amide bonds. The summed E-state index contributed by atoms with van der Waals surface area (Å²) in [4.78, 5) is 5.52. The largest absolute Gasteiger partial charge is 0.497 e. The fourth-order valence-electron chi connectivity index (χ4n) is 1.75. The van der Waals surface area contributed by atoms with Crippen LogP contribution in [0.2, 0.25) is 0 Å². The Morgan fingerprint density at radius 2 is 2.06 bits per heavy atom. The zero-order chi connectivity index (χ0) is 13.0. The van der Waals surface area contributed by atoms with Crippen molar-refractivity contribution in [2.45, 2.75) is 26.4 Å². The van der Waals surface area contributed by atoms with Gasteiger partial charge >= 0.3 is 0 Å². The van der Waals surface area contributed by atoms with Crippen molar-refractivity contribution in [2.24, 2.45) is 0 Å². The maximum absolute atomic E-state index is 5.15. The number of nitrogens with one attached hydrogen (secondary N) is 1. The van der Waals surface area contributed by atoms with Gasteiger partial charge in [0.2, 0.25) is 0 Å². The molecular weight excluding hydrogens is 244 g/mol. The average molecular weight is 262 g/mol. The molecule has 2 aromatic rings. The van der Waals surface area contributed by atoms with E-state index in [1.807, 2.05) is 25.3 Å². The second-order valence-electron chi connectivity index (χ2n) is 4.22. The highest BCUT2D eigenvalue weighted by Crippen LogP contribution is 2.18. The zero-order valence-electron chi connectivity index (χ0n) is 10.9. The number of methoxy groups -OCH3 is 1. The van der Waals surface area contributed by atoms with Gasteiger partial charge < -0.3 is 10.1 Å². The van der Waals surface area contributed by atoms with Crippen molar-refractivity contribution < 1.29 is 4.74 Å². The molecule has 0 bridgehead atoms. The molecule has 0 aliphatic rings. The van der Waals surface area contributed by atoms with Crippen molar-refractivity contribution >= 4 is 11.3 Å². The summed E-state index contributed by atoms with van der Waals surface area (Å²) in [5.41, 5.74) is 1.26. The molecule has 0 aliphatic heterocycles. The number of ether oxygens (including phenoxy) is 1. The maximum Gasteiger partial charge on any atom is 0.118 e. The van der Waals surface area contributed by atoms with Crippen molar-refractivity contribution in [3.8, 4) is 5.75 Å². The van der Waals surface area contributed by atoms with Crippen LogP contribution in [0.15, 0.2) is 30.5 Å². The van der Waals surface area contributed by atoms with E-state index in [1.165, 1.54) is 10.4 Å². The van der Waals surface area contributed by atoms with Crippen LogP contribution >= 0.6 is 11.3 Å². The normalized spacial score (nSPS) is 12.4. The molecular formula is C14H18N2OS. The Kier molecular flexibility index (Phi) is 4.33. The molecule has 18 heavy (non-hydrogen) atoms. The highest BCUT2D eigenvalue weighted by Gasteiger charge is 2.06. The first-order chi connectivity index (χ1) is 8.69. The first kappa shape index (κ1) is 13.1. The van der Waals surface area contributed by atoms with Gasteiger partial charge in [0.15, 0.2) is 0 Å². The van der Waals surface area contributed by atoms with Gasteiger partial charge in [-0.25, -0.2) is 4.98 Å². The SMILES string of the molecule is COc1ccc(C(C)NCc2cnc(C)s2)cc1. The number of hydrogen-bond acceptors (Lipinski definition) is 4. The Labute approximate surface area is 112 Å². The highest BCUT2D eigenvalue weighted by atomic mass is 32.1. The molecule has 1 atom stereocenters. The van der Waals surface area contributed by atoms with E-state index in [9.17, 15) is 0 Å². The van der Waals surface area contributed by atoms with Gasteiger partial charge in [0.1, 0.15) is 5.75 Å². The van der Waals surface area contributed by atoms with Gasteiger partial charge in [0.25, 0.3) is 0 Å². The molecule has 1 heterocycles. The number of thiazole rings is 1. The number of rotatable bonds is 5. The Bertz CT molecular complexity index is 493. The zero-order valence-corrected chi connectivity index (χ0v) is 11.8. The van der Waals surface area contributed by atoms with E-state index in [1.54, 1.807) is 18.4 Å². The quantitative estimate of drug-likeness (QED) is 0.897. The van der Waals surface area contributed by atoms with Crippen LogP contribution in [0, 0.1) is 6.92 Å². The second-order valence-corrected chi connectivity index (χ2v) is 5.54. The summed E-state index contributed by atoms with van der Waals surface area (Å²) < 4.78 is 5.15. The minimum absolute atomic E-state index is 0.318. The van der Waals surface area contributed by atoms with Gasteiger partial charge in [0, 0.05) is 23.7 Å². The molecule has 1 aromatic heterocycles. The third-order valence-corrected chi connectivity index (χ3v) is 3.78. The third-order valence-electron chi connectivity index (χ3n) is 2.87. The van der Waals surface area contributed by atoms with Crippen molar-refractivity contribution in [3.63, 3.8) is 0 Å². The predicted octanol–water partition coefficient (Wildman–Crippen LogP) is 3.31. The fraction of sp³-hybridized carbons (Fsp3) is 0.357. The molecule has 0 fully saturated rings. The molecule has 0 radical (unpaired) electrons. The van der Waals surface area contributed by atoms with Crippen LogP contribution in [-0.4, -0.2) is 12.1 Å². The molecule has 0 saturated heterocycles. The van der Waals surface area contributed by atoms with E-state index in [0.717, 1.165) is 17.3 Å². The van der Waals surface area contributed by atoms with Gasteiger partial charge in [0.05, 0.1) is 12.1 Å². The van der Waals surface area contributed by atoms with E-state index >= 15 is 0 Å². The van der Waals surface area contributed by atoms with Crippen LogP contribution in [0.3, 0.4) is 0 Å². The fourth-order valence-corrected chi connectivity index (χ4v) is 2.50. The van der Waals surface area contributed by atoms with Crippen LogP contribution in [0.25, 0.3) is 0 Å². The van der Waals surface area contributed by atoms with Crippen molar-refractivity contribution in [1.29, 1.82) is 0 Å². The van der Waals surface area contributed by atoms with Crippen molar-refractivity contribution in [3.05, 3.63) is 45.9 Å². The van der Waals surface area contributed by atoms with Crippen LogP contribution in [0.5, 0.6) is 5.75 Å². The van der Waals surface area contributed by atoms with Gasteiger partial charge in [-0.1, -0.05) is 12.1 Å². The van der Waals surface area contributed by atoms with Crippen LogP contribution in [-0.2, 0) is 6.54 Å². The summed E-state index contributed by atoms with van der Waals surface area (Å²) in [5.74, 6) is 0.893. The van der Waals surface area contributed by atoms with E-state index in [-0.39, 0.29) is 0 Å². The van der Waals surface area contributed by atoms with Crippen LogP contribution in [0.4, 0.5) is 0 Å². The smallest absolute Gasteiger partial charge is 0.118 e. The van der Waals surface area contributed by atoms with E-state index in [2.05, 4.69) is 29.4 Å². The lowest BCUT2D eigenvalue weighted by atomic mass is 10.1. The second kappa shape index (κ2) is 5.98. The molecule has 1 aromatic carbocycles. The Morgan fingerprint density at radius 3 is 2.61 bits per heavy atom. The summed E-state index contributed by atoms with van der Waals surface area (Å²) in [6.07, 6.45) is 1.94. The molecule has 0 spiro atoms. The van der Waals surface area contributed by atoms with E-state index < -0.39 is 0 Å². The van der Waals surface area contributed by atoms with Gasteiger partial charge in [-0.3, -0.25) is 0 Å². The lowest BCUT2D eigenvalue weighted by Crippen LogP contribution is -2.17. The predicted molar refractivity (Wildman–Crippen MR) is 75.1 cm³/mol. The monoisotopic (exact) mass is 262 g/mol. The molecule has 0 aliphatic carbocycles. The van der Waals surface area contributed by atoms with E-state index in [4.69, 9.17) is 4.74 Å². The minimum Gasteiger partial charge on any atom is -0.497 e. The Balaban J connectivity index is 1.92. The highest BCUT2D eigenvalue weighted by molar-refractivity contribution is 7.11. The van der Waals surface area contributed by atoms with Gasteiger partial charge in [-0.15, -0.1) is 11.3 Å². The Hall–Kier alpha value is -1.39. The first-order valence-electron chi connectivity index (χ1n) is 5.97. The van der Waals surface area contributed by atoms with Crippen molar-refractivity contribution in [1.82, 2.24) is 10.3 Å². The summed E-state index contributed by atoms with van der Waals surface area (Å²) >= 11 is 1.74. The number of nitrogens with zero attached hydrogens (tertiary/aromatic N) is 1. The summed E-state index contributed by atoms with van der Waals surface area (Å²) in [7, 11) is 1.68. The summed E-state index contributed by atoms with van der Waals surface area (Å²) in [5, 5.41) is 4.61. The van der Waals surface area contributed by atoms with Crippen LogP contribution in [0.1, 0.15) is 28.4 Å². The lowest BCUT2D eigenvalue weighted by Gasteiger charge is -2.13. The van der Waals surface area contributed by atoms with E-state index in [0.29, 0.717) is 6.04 Å². The molecule has 0 saturated carbocycles. The van der Waals surface area contributed by atoms with Crippen LogP contribution < -0.4 is 10.1 Å². The standard InChI is InChI=1S/C14H18N2OS/c1-10(12-4-6-13(17-3)7-5-12)15-8-14-9-16-11(2)18-14/h4-7,9-10,15H,8H2,1-3H3. The molecule has 2 rings (SSSR count). The van der Waals surface area contributed by atoms with Gasteiger partial charge in [-0.05, 0) is 31.5 Å².